The number of amides is 1. The number of aliphatic carboxylic acids is 1. The van der Waals surface area contributed by atoms with E-state index in [1.807, 2.05) is 0 Å². The number of carbonyl (C=O) groups is 2. The summed E-state index contributed by atoms with van der Waals surface area (Å²) in [5.41, 5.74) is 0.437. The average Bonchev–Trinajstić information content (AvgIpc) is 2.53. The van der Waals surface area contributed by atoms with Crippen molar-refractivity contribution < 1.29 is 28.2 Å². The van der Waals surface area contributed by atoms with Crippen molar-refractivity contribution in [2.75, 3.05) is 6.61 Å². The number of benzene rings is 2. The predicted octanol–water partition coefficient (Wildman–Crippen LogP) is 3.01. The zero-order valence-corrected chi connectivity index (χ0v) is 12.9. The van der Waals surface area contributed by atoms with E-state index in [4.69, 9.17) is 21.4 Å². The van der Waals surface area contributed by atoms with Gasteiger partial charge in [0.15, 0.2) is 18.2 Å². The molecule has 126 valence electrons. The molecule has 5 nitrogen and oxygen atoms in total. The molecule has 0 aliphatic carbocycles. The Bertz CT molecular complexity index is 783. The van der Waals surface area contributed by atoms with Crippen molar-refractivity contribution in [3.05, 3.63) is 64.2 Å². The van der Waals surface area contributed by atoms with Gasteiger partial charge in [-0.1, -0.05) is 17.7 Å². The van der Waals surface area contributed by atoms with Gasteiger partial charge in [0.25, 0.3) is 5.91 Å². The summed E-state index contributed by atoms with van der Waals surface area (Å²) in [4.78, 5) is 22.8. The molecule has 0 aliphatic heterocycles. The van der Waals surface area contributed by atoms with Crippen LogP contribution < -0.4 is 10.1 Å². The van der Waals surface area contributed by atoms with E-state index in [1.54, 1.807) is 0 Å². The van der Waals surface area contributed by atoms with E-state index in [1.165, 1.54) is 24.3 Å². The first-order chi connectivity index (χ1) is 11.4. The van der Waals surface area contributed by atoms with Crippen LogP contribution in [-0.2, 0) is 11.3 Å². The summed E-state index contributed by atoms with van der Waals surface area (Å²) in [7, 11) is 0. The van der Waals surface area contributed by atoms with Crippen molar-refractivity contribution in [2.45, 2.75) is 6.54 Å². The first-order valence-electron chi connectivity index (χ1n) is 6.73. The third kappa shape index (κ3) is 4.66. The number of hydrogen-bond acceptors (Lipinski definition) is 3. The van der Waals surface area contributed by atoms with E-state index >= 15 is 0 Å². The number of carbonyl (C=O) groups excluding carboxylic acids is 1. The second-order valence-corrected chi connectivity index (χ2v) is 5.19. The zero-order valence-electron chi connectivity index (χ0n) is 12.2. The van der Waals surface area contributed by atoms with Gasteiger partial charge in [-0.15, -0.1) is 0 Å². The van der Waals surface area contributed by atoms with Gasteiger partial charge in [0, 0.05) is 11.6 Å². The Balaban J connectivity index is 2.10. The second kappa shape index (κ2) is 7.74. The van der Waals surface area contributed by atoms with Crippen LogP contribution >= 0.6 is 11.6 Å². The quantitative estimate of drug-likeness (QED) is 0.835. The number of nitrogens with one attached hydrogen (secondary N) is 1. The highest BCUT2D eigenvalue weighted by atomic mass is 35.5. The summed E-state index contributed by atoms with van der Waals surface area (Å²) in [6, 6.07) is 7.40. The minimum Gasteiger partial charge on any atom is -0.481 e. The maximum atomic E-state index is 13.1. The van der Waals surface area contributed by atoms with E-state index in [0.29, 0.717) is 5.56 Å². The third-order valence-corrected chi connectivity index (χ3v) is 3.21. The van der Waals surface area contributed by atoms with Crippen LogP contribution in [-0.4, -0.2) is 23.6 Å². The number of halogens is 3. The maximum Gasteiger partial charge on any atom is 0.341 e. The topological polar surface area (TPSA) is 75.6 Å². The molecule has 24 heavy (non-hydrogen) atoms. The molecule has 0 bridgehead atoms. The first kappa shape index (κ1) is 17.7. The highest BCUT2D eigenvalue weighted by Crippen LogP contribution is 2.23. The number of hydrogen-bond donors (Lipinski definition) is 2. The molecule has 0 saturated heterocycles. The lowest BCUT2D eigenvalue weighted by molar-refractivity contribution is -0.139. The fraction of sp³-hybridized carbons (Fsp3) is 0.125. The van der Waals surface area contributed by atoms with Crippen LogP contribution in [0, 0.1) is 11.6 Å². The van der Waals surface area contributed by atoms with Crippen molar-refractivity contribution in [1.82, 2.24) is 5.32 Å². The molecule has 1 amide bonds. The Morgan fingerprint density at radius 3 is 2.54 bits per heavy atom. The lowest BCUT2D eigenvalue weighted by atomic mass is 10.1. The molecule has 2 aromatic carbocycles. The molecule has 2 N–H and O–H groups in total. The normalized spacial score (nSPS) is 10.3. The Kier molecular flexibility index (Phi) is 5.70. The SMILES string of the molecule is O=C(O)COc1cc(Cl)ccc1C(=O)NCc1ccc(F)c(F)c1. The molecule has 2 rings (SSSR count). The highest BCUT2D eigenvalue weighted by molar-refractivity contribution is 6.30. The van der Waals surface area contributed by atoms with Gasteiger partial charge in [-0.25, -0.2) is 13.6 Å². The molecular formula is C16H12ClF2NO4. The Hall–Kier alpha value is -2.67. The lowest BCUT2D eigenvalue weighted by Gasteiger charge is -2.11. The maximum absolute atomic E-state index is 13.1. The Morgan fingerprint density at radius 1 is 1.12 bits per heavy atom. The van der Waals surface area contributed by atoms with E-state index < -0.39 is 30.1 Å². The van der Waals surface area contributed by atoms with Gasteiger partial charge in [0.05, 0.1) is 5.56 Å². The predicted molar refractivity (Wildman–Crippen MR) is 82.1 cm³/mol. The molecule has 2 aromatic rings. The average molecular weight is 356 g/mol. The summed E-state index contributed by atoms with van der Waals surface area (Å²) < 4.78 is 31.0. The van der Waals surface area contributed by atoms with Crippen LogP contribution in [0.5, 0.6) is 5.75 Å². The van der Waals surface area contributed by atoms with Crippen molar-refractivity contribution in [3.8, 4) is 5.75 Å². The van der Waals surface area contributed by atoms with Gasteiger partial charge in [-0.05, 0) is 35.9 Å². The van der Waals surface area contributed by atoms with Crippen LogP contribution in [0.2, 0.25) is 5.02 Å². The van der Waals surface area contributed by atoms with Crippen molar-refractivity contribution in [1.29, 1.82) is 0 Å². The van der Waals surface area contributed by atoms with Gasteiger partial charge >= 0.3 is 5.97 Å². The molecule has 0 atom stereocenters. The van der Waals surface area contributed by atoms with Gasteiger partial charge < -0.3 is 15.2 Å². The molecule has 8 heteroatoms. The summed E-state index contributed by atoms with van der Waals surface area (Å²) in [5, 5.41) is 11.4. The monoisotopic (exact) mass is 355 g/mol. The second-order valence-electron chi connectivity index (χ2n) is 4.75. The molecule has 0 heterocycles. The largest absolute Gasteiger partial charge is 0.481 e. The number of carboxylic acid groups (broad SMARTS) is 1. The van der Waals surface area contributed by atoms with Crippen LogP contribution in [0.15, 0.2) is 36.4 Å². The smallest absolute Gasteiger partial charge is 0.341 e. The standard InChI is InChI=1S/C16H12ClF2NO4/c17-10-2-3-11(14(6-10)24-8-15(21)22)16(23)20-7-9-1-4-12(18)13(19)5-9/h1-6H,7-8H2,(H,20,23)(H,21,22). The lowest BCUT2D eigenvalue weighted by Crippen LogP contribution is -2.24. The zero-order chi connectivity index (χ0) is 17.7. The molecular weight excluding hydrogens is 344 g/mol. The summed E-state index contributed by atoms with van der Waals surface area (Å²) >= 11 is 5.81. The van der Waals surface area contributed by atoms with E-state index in [2.05, 4.69) is 5.32 Å². The molecule has 0 aliphatic rings. The van der Waals surface area contributed by atoms with Crippen molar-refractivity contribution >= 4 is 23.5 Å². The molecule has 0 spiro atoms. The molecule has 0 aromatic heterocycles. The Labute approximate surface area is 140 Å². The number of carboxylic acids is 1. The van der Waals surface area contributed by atoms with Crippen molar-refractivity contribution in [2.24, 2.45) is 0 Å². The first-order valence-corrected chi connectivity index (χ1v) is 7.11. The number of rotatable bonds is 6. The van der Waals surface area contributed by atoms with Gasteiger partial charge in [-0.3, -0.25) is 4.79 Å². The summed E-state index contributed by atoms with van der Waals surface area (Å²) in [5.74, 6) is -3.77. The van der Waals surface area contributed by atoms with Crippen LogP contribution in [0.4, 0.5) is 8.78 Å². The molecule has 0 unspecified atom stereocenters. The molecule has 0 fully saturated rings. The van der Waals surface area contributed by atoms with Gasteiger partial charge in [0.1, 0.15) is 5.75 Å². The summed E-state index contributed by atoms with van der Waals surface area (Å²) in [6.45, 7) is -0.680. The van der Waals surface area contributed by atoms with E-state index in [0.717, 1.165) is 12.1 Å². The fourth-order valence-corrected chi connectivity index (χ4v) is 2.03. The summed E-state index contributed by atoms with van der Waals surface area (Å²) in [6.07, 6.45) is 0. The Morgan fingerprint density at radius 2 is 1.88 bits per heavy atom. The highest BCUT2D eigenvalue weighted by Gasteiger charge is 2.14. The van der Waals surface area contributed by atoms with Gasteiger partial charge in [0.2, 0.25) is 0 Å². The molecule has 0 saturated carbocycles. The van der Waals surface area contributed by atoms with Crippen molar-refractivity contribution in [3.63, 3.8) is 0 Å². The molecule has 0 radical (unpaired) electrons. The van der Waals surface area contributed by atoms with Gasteiger partial charge in [-0.2, -0.15) is 0 Å². The van der Waals surface area contributed by atoms with Crippen LogP contribution in [0.3, 0.4) is 0 Å². The van der Waals surface area contributed by atoms with E-state index in [9.17, 15) is 18.4 Å². The minimum absolute atomic E-state index is 0.00712. The van der Waals surface area contributed by atoms with Crippen LogP contribution in [0.1, 0.15) is 15.9 Å². The fourth-order valence-electron chi connectivity index (χ4n) is 1.87. The number of ether oxygens (including phenoxy) is 1. The van der Waals surface area contributed by atoms with E-state index in [-0.39, 0.29) is 22.9 Å². The third-order valence-electron chi connectivity index (χ3n) is 2.98. The minimum atomic E-state index is -1.21. The van der Waals surface area contributed by atoms with Crippen LogP contribution in [0.25, 0.3) is 0 Å².